The van der Waals surface area contributed by atoms with Crippen molar-refractivity contribution in [2.45, 2.75) is 12.7 Å². The lowest BCUT2D eigenvalue weighted by atomic mass is 10.1. The van der Waals surface area contributed by atoms with E-state index in [0.29, 0.717) is 5.56 Å². The minimum absolute atomic E-state index is 0.0448. The number of alkyl halides is 3. The first-order valence-electron chi connectivity index (χ1n) is 7.83. The molecule has 0 atom stereocenters. The van der Waals surface area contributed by atoms with Crippen molar-refractivity contribution >= 4 is 21.6 Å². The first-order chi connectivity index (χ1) is 12.8. The number of rotatable bonds is 3. The Bertz CT molecular complexity index is 1080. The number of pyridine rings is 1. The van der Waals surface area contributed by atoms with Crippen LogP contribution in [0.5, 0.6) is 0 Å². The minimum Gasteiger partial charge on any atom is -0.313 e. The molecular weight excluding hydrogens is 421 g/mol. The lowest BCUT2D eigenvalue weighted by molar-refractivity contribution is -0.136. The van der Waals surface area contributed by atoms with E-state index in [4.69, 9.17) is 6.57 Å². The van der Waals surface area contributed by atoms with E-state index in [1.165, 1.54) is 4.57 Å². The molecule has 0 amide bonds. The van der Waals surface area contributed by atoms with Gasteiger partial charge in [-0.05, 0) is 29.3 Å². The largest absolute Gasteiger partial charge is 0.407 e. The Kier molecular flexibility index (Phi) is 5.19. The zero-order valence-corrected chi connectivity index (χ0v) is 15.4. The van der Waals surface area contributed by atoms with Gasteiger partial charge in [0.2, 0.25) is 0 Å². The average Bonchev–Trinajstić information content (AvgIpc) is 2.63. The Hall–Kier alpha value is -2.85. The van der Waals surface area contributed by atoms with E-state index in [2.05, 4.69) is 20.8 Å². The van der Waals surface area contributed by atoms with Crippen LogP contribution in [-0.4, -0.2) is 4.57 Å². The van der Waals surface area contributed by atoms with E-state index in [0.717, 1.165) is 16.1 Å². The van der Waals surface area contributed by atoms with Gasteiger partial charge in [-0.1, -0.05) is 58.4 Å². The van der Waals surface area contributed by atoms with Gasteiger partial charge in [-0.2, -0.15) is 13.2 Å². The van der Waals surface area contributed by atoms with Crippen LogP contribution in [0.25, 0.3) is 16.1 Å². The molecule has 0 aliphatic carbocycles. The van der Waals surface area contributed by atoms with E-state index in [1.54, 1.807) is 48.5 Å². The van der Waals surface area contributed by atoms with E-state index >= 15 is 0 Å². The van der Waals surface area contributed by atoms with Gasteiger partial charge in [0.15, 0.2) is 0 Å². The standard InChI is InChI=1S/C20H12BrF3N2O/c1-25-18-16(20(22,23)24)11-17(14-7-3-2-4-8-14)26(19(18)27)12-13-6-5-9-15(21)10-13/h2-11H,12H2. The first kappa shape index (κ1) is 18.9. The highest BCUT2D eigenvalue weighted by molar-refractivity contribution is 9.10. The van der Waals surface area contributed by atoms with Crippen molar-refractivity contribution in [3.8, 4) is 11.3 Å². The number of hydrogen-bond donors (Lipinski definition) is 0. The summed E-state index contributed by atoms with van der Waals surface area (Å²) in [5.41, 5.74) is -1.80. The second kappa shape index (κ2) is 7.41. The molecule has 7 heteroatoms. The quantitative estimate of drug-likeness (QED) is 0.473. The Morgan fingerprint density at radius 3 is 2.33 bits per heavy atom. The third-order valence-electron chi connectivity index (χ3n) is 3.99. The second-order valence-corrected chi connectivity index (χ2v) is 6.70. The molecular formula is C20H12BrF3N2O. The molecule has 0 unspecified atom stereocenters. The SMILES string of the molecule is [C-]#[N+]c1c(C(F)(F)F)cc(-c2ccccc2)n(Cc2cccc(Br)c2)c1=O. The molecule has 0 fully saturated rings. The Morgan fingerprint density at radius 1 is 1.04 bits per heavy atom. The number of hydrogen-bond acceptors (Lipinski definition) is 1. The van der Waals surface area contributed by atoms with Crippen LogP contribution in [0, 0.1) is 6.57 Å². The molecule has 3 nitrogen and oxygen atoms in total. The molecule has 0 aliphatic heterocycles. The zero-order chi connectivity index (χ0) is 19.6. The molecule has 0 aliphatic rings. The van der Waals surface area contributed by atoms with Crippen LogP contribution in [-0.2, 0) is 12.7 Å². The molecule has 0 saturated carbocycles. The van der Waals surface area contributed by atoms with Gasteiger partial charge < -0.3 is 4.57 Å². The molecule has 0 N–H and O–H groups in total. The maximum absolute atomic E-state index is 13.4. The van der Waals surface area contributed by atoms with Crippen molar-refractivity contribution in [3.63, 3.8) is 0 Å². The fourth-order valence-corrected chi connectivity index (χ4v) is 3.23. The maximum Gasteiger partial charge on any atom is 0.407 e. The van der Waals surface area contributed by atoms with Crippen molar-refractivity contribution in [3.05, 3.63) is 98.0 Å². The van der Waals surface area contributed by atoms with Crippen LogP contribution in [0.15, 0.2) is 69.9 Å². The van der Waals surface area contributed by atoms with E-state index in [1.807, 2.05) is 6.07 Å². The van der Waals surface area contributed by atoms with Crippen LogP contribution >= 0.6 is 15.9 Å². The molecule has 2 aromatic carbocycles. The minimum atomic E-state index is -4.79. The fourth-order valence-electron chi connectivity index (χ4n) is 2.78. The summed E-state index contributed by atoms with van der Waals surface area (Å²) < 4.78 is 42.3. The van der Waals surface area contributed by atoms with Gasteiger partial charge in [-0.25, -0.2) is 4.85 Å². The molecule has 136 valence electrons. The van der Waals surface area contributed by atoms with Crippen molar-refractivity contribution < 1.29 is 13.2 Å². The molecule has 0 radical (unpaired) electrons. The lowest BCUT2D eigenvalue weighted by Gasteiger charge is -2.18. The number of benzene rings is 2. The second-order valence-electron chi connectivity index (χ2n) is 5.79. The summed E-state index contributed by atoms with van der Waals surface area (Å²) in [5.74, 6) is 0. The molecule has 1 aromatic heterocycles. The highest BCUT2D eigenvalue weighted by Crippen LogP contribution is 2.37. The average molecular weight is 433 g/mol. The summed E-state index contributed by atoms with van der Waals surface area (Å²) in [4.78, 5) is 15.7. The van der Waals surface area contributed by atoms with E-state index in [9.17, 15) is 18.0 Å². The third-order valence-corrected chi connectivity index (χ3v) is 4.48. The van der Waals surface area contributed by atoms with E-state index < -0.39 is 23.0 Å². The van der Waals surface area contributed by atoms with Gasteiger partial charge in [0, 0.05) is 16.7 Å². The molecule has 0 spiro atoms. The Balaban J connectivity index is 2.30. The highest BCUT2D eigenvalue weighted by Gasteiger charge is 2.36. The number of nitrogens with zero attached hydrogens (tertiary/aromatic N) is 2. The molecule has 3 rings (SSSR count). The summed E-state index contributed by atoms with van der Waals surface area (Å²) in [7, 11) is 0. The van der Waals surface area contributed by atoms with Gasteiger partial charge in [-0.15, -0.1) is 0 Å². The normalized spacial score (nSPS) is 11.2. The maximum atomic E-state index is 13.4. The smallest absolute Gasteiger partial charge is 0.313 e. The summed E-state index contributed by atoms with van der Waals surface area (Å²) in [6, 6.07) is 16.3. The predicted molar refractivity (Wildman–Crippen MR) is 101 cm³/mol. The van der Waals surface area contributed by atoms with Crippen LogP contribution < -0.4 is 5.56 Å². The summed E-state index contributed by atoms with van der Waals surface area (Å²) in [6.07, 6.45) is -4.79. The molecule has 1 heterocycles. The monoisotopic (exact) mass is 432 g/mol. The van der Waals surface area contributed by atoms with Crippen molar-refractivity contribution in [2.24, 2.45) is 0 Å². The van der Waals surface area contributed by atoms with Gasteiger partial charge >= 0.3 is 6.18 Å². The topological polar surface area (TPSA) is 26.4 Å². The summed E-state index contributed by atoms with van der Waals surface area (Å²) >= 11 is 3.34. The zero-order valence-electron chi connectivity index (χ0n) is 13.8. The molecule has 0 saturated heterocycles. The van der Waals surface area contributed by atoms with E-state index in [-0.39, 0.29) is 12.2 Å². The van der Waals surface area contributed by atoms with Crippen molar-refractivity contribution in [1.29, 1.82) is 0 Å². The molecule has 27 heavy (non-hydrogen) atoms. The number of aromatic nitrogens is 1. The van der Waals surface area contributed by atoms with Crippen LogP contribution in [0.3, 0.4) is 0 Å². The summed E-state index contributed by atoms with van der Waals surface area (Å²) in [6.45, 7) is 7.14. The van der Waals surface area contributed by atoms with Gasteiger partial charge in [0.1, 0.15) is 0 Å². The molecule has 0 bridgehead atoms. The van der Waals surface area contributed by atoms with Gasteiger partial charge in [-0.3, -0.25) is 4.79 Å². The lowest BCUT2D eigenvalue weighted by Crippen LogP contribution is -2.25. The highest BCUT2D eigenvalue weighted by atomic mass is 79.9. The molecule has 3 aromatic rings. The fraction of sp³-hybridized carbons (Fsp3) is 0.100. The first-order valence-corrected chi connectivity index (χ1v) is 8.63. The van der Waals surface area contributed by atoms with Crippen molar-refractivity contribution in [1.82, 2.24) is 4.57 Å². The van der Waals surface area contributed by atoms with Gasteiger partial charge in [0.25, 0.3) is 11.2 Å². The van der Waals surface area contributed by atoms with Crippen LogP contribution in [0.1, 0.15) is 11.1 Å². The summed E-state index contributed by atoms with van der Waals surface area (Å²) in [5, 5.41) is 0. The third kappa shape index (κ3) is 3.96. The Labute approximate surface area is 161 Å². The number of halogens is 4. The van der Waals surface area contributed by atoms with Gasteiger partial charge in [0.05, 0.1) is 12.1 Å². The van der Waals surface area contributed by atoms with Crippen LogP contribution in [0.4, 0.5) is 18.9 Å². The predicted octanol–water partition coefficient (Wildman–Crippen LogP) is 5.90. The van der Waals surface area contributed by atoms with Crippen LogP contribution in [0.2, 0.25) is 0 Å². The van der Waals surface area contributed by atoms with Crippen molar-refractivity contribution in [2.75, 3.05) is 0 Å². The Morgan fingerprint density at radius 2 is 1.74 bits per heavy atom.